The van der Waals surface area contributed by atoms with Crippen LogP contribution in [0.3, 0.4) is 0 Å². The number of Topliss-reactive ketones (excluding diaryl/α,β-unsaturated/α-hetero) is 1. The molecule has 1 heterocycles. The molecule has 4 amide bonds. The maximum absolute atomic E-state index is 14.1. The highest BCUT2D eigenvalue weighted by Crippen LogP contribution is 2.53. The third-order valence-electron chi connectivity index (χ3n) is 9.78. The predicted octanol–water partition coefficient (Wildman–Crippen LogP) is 2.07. The highest BCUT2D eigenvalue weighted by molar-refractivity contribution is 6.38. The number of fused-ring (bicyclic) bond motifs is 1. The smallest absolute Gasteiger partial charge is 0.326 e. The molecule has 1 aromatic carbocycles. The van der Waals surface area contributed by atoms with Crippen molar-refractivity contribution in [1.82, 2.24) is 20.9 Å². The summed E-state index contributed by atoms with van der Waals surface area (Å²) in [5.74, 6) is -5.98. The first-order valence-electron chi connectivity index (χ1n) is 16.7. The van der Waals surface area contributed by atoms with Gasteiger partial charge >= 0.3 is 5.97 Å². The van der Waals surface area contributed by atoms with Crippen molar-refractivity contribution in [3.63, 3.8) is 0 Å². The molecule has 1 aliphatic carbocycles. The number of hydrogen-bond donors (Lipinski definition) is 5. The number of benzene rings is 1. The summed E-state index contributed by atoms with van der Waals surface area (Å²) in [6.45, 7) is 13.2. The SMILES string of the molecule is CCCC(NC(=O)[C@@H]1[C@H]2CCC(C)(C)[C@H]2CN1C(=O)[C@@H](NC(=O)[C@@H](O)C(C)C)C(C)C)C(=O)C(=O)N[C@@H](Cc1ccccc1)C(=O)O. The van der Waals surface area contributed by atoms with Crippen LogP contribution in [0.5, 0.6) is 0 Å². The molecule has 2 fully saturated rings. The summed E-state index contributed by atoms with van der Waals surface area (Å²) in [4.78, 5) is 80.9. The Bertz CT molecular complexity index is 1310. The number of hydrogen-bond acceptors (Lipinski definition) is 7. The van der Waals surface area contributed by atoms with Crippen LogP contribution in [0.4, 0.5) is 0 Å². The van der Waals surface area contributed by atoms with Gasteiger partial charge in [0, 0.05) is 13.0 Å². The molecule has 1 saturated heterocycles. The number of aliphatic hydroxyl groups excluding tert-OH is 1. The van der Waals surface area contributed by atoms with Gasteiger partial charge < -0.3 is 31.1 Å². The third-order valence-corrected chi connectivity index (χ3v) is 9.78. The first-order chi connectivity index (χ1) is 22.0. The van der Waals surface area contributed by atoms with E-state index in [-0.39, 0.29) is 48.5 Å². The van der Waals surface area contributed by atoms with Crippen molar-refractivity contribution in [3.8, 4) is 0 Å². The van der Waals surface area contributed by atoms with Crippen molar-refractivity contribution < 1.29 is 39.0 Å². The summed E-state index contributed by atoms with van der Waals surface area (Å²) in [5, 5.41) is 27.8. The quantitative estimate of drug-likeness (QED) is 0.178. The van der Waals surface area contributed by atoms with E-state index >= 15 is 0 Å². The molecule has 47 heavy (non-hydrogen) atoms. The molecule has 0 spiro atoms. The lowest BCUT2D eigenvalue weighted by Crippen LogP contribution is -2.59. The van der Waals surface area contributed by atoms with E-state index in [9.17, 15) is 39.0 Å². The molecule has 5 N–H and O–H groups in total. The summed E-state index contributed by atoms with van der Waals surface area (Å²) < 4.78 is 0. The number of nitrogens with one attached hydrogen (secondary N) is 3. The number of likely N-dealkylation sites (tertiary alicyclic amines) is 1. The van der Waals surface area contributed by atoms with E-state index in [4.69, 9.17) is 0 Å². The Morgan fingerprint density at radius 2 is 1.57 bits per heavy atom. The number of carbonyl (C=O) groups is 6. The Morgan fingerprint density at radius 3 is 2.13 bits per heavy atom. The lowest BCUT2D eigenvalue weighted by Gasteiger charge is -2.33. The molecular weight excluding hydrogens is 604 g/mol. The van der Waals surface area contributed by atoms with Crippen LogP contribution < -0.4 is 16.0 Å². The van der Waals surface area contributed by atoms with Crippen LogP contribution in [0.2, 0.25) is 0 Å². The Morgan fingerprint density at radius 1 is 0.936 bits per heavy atom. The van der Waals surface area contributed by atoms with Crippen LogP contribution in [0.1, 0.15) is 79.7 Å². The van der Waals surface area contributed by atoms with Crippen molar-refractivity contribution in [1.29, 1.82) is 0 Å². The Kier molecular flexibility index (Phi) is 12.7. The summed E-state index contributed by atoms with van der Waals surface area (Å²) in [5.41, 5.74) is 0.506. The van der Waals surface area contributed by atoms with Crippen molar-refractivity contribution in [2.24, 2.45) is 29.1 Å². The van der Waals surface area contributed by atoms with Gasteiger partial charge in [0.25, 0.3) is 5.91 Å². The lowest BCUT2D eigenvalue weighted by molar-refractivity contribution is -0.147. The summed E-state index contributed by atoms with van der Waals surface area (Å²) >= 11 is 0. The number of ketones is 1. The van der Waals surface area contributed by atoms with Crippen molar-refractivity contribution in [3.05, 3.63) is 35.9 Å². The number of amides is 4. The minimum atomic E-state index is -1.35. The van der Waals surface area contributed by atoms with E-state index in [2.05, 4.69) is 29.8 Å². The molecule has 12 nitrogen and oxygen atoms in total. The van der Waals surface area contributed by atoms with Crippen LogP contribution in [0.15, 0.2) is 30.3 Å². The third kappa shape index (κ3) is 8.97. The number of aliphatic hydroxyl groups is 1. The van der Waals surface area contributed by atoms with E-state index < -0.39 is 65.7 Å². The molecule has 0 bridgehead atoms. The summed E-state index contributed by atoms with van der Waals surface area (Å²) in [6.07, 6.45) is 0.767. The van der Waals surface area contributed by atoms with Crippen LogP contribution in [-0.4, -0.2) is 87.3 Å². The molecule has 1 aliphatic heterocycles. The predicted molar refractivity (Wildman–Crippen MR) is 175 cm³/mol. The van der Waals surface area contributed by atoms with E-state index in [0.29, 0.717) is 18.4 Å². The topological polar surface area (TPSA) is 182 Å². The number of aliphatic carboxylic acids is 1. The van der Waals surface area contributed by atoms with E-state index in [1.165, 1.54) is 4.90 Å². The second kappa shape index (κ2) is 15.9. The lowest BCUT2D eigenvalue weighted by atomic mass is 9.79. The monoisotopic (exact) mass is 656 g/mol. The molecule has 260 valence electrons. The van der Waals surface area contributed by atoms with Crippen LogP contribution in [0, 0.1) is 29.1 Å². The highest BCUT2D eigenvalue weighted by Gasteiger charge is 2.57. The zero-order valence-electron chi connectivity index (χ0n) is 28.6. The maximum atomic E-state index is 14.1. The number of rotatable bonds is 15. The Hall–Kier alpha value is -3.80. The van der Waals surface area contributed by atoms with Crippen LogP contribution in [-0.2, 0) is 35.2 Å². The highest BCUT2D eigenvalue weighted by atomic mass is 16.4. The normalized spacial score (nSPS) is 22.6. The van der Waals surface area contributed by atoms with Crippen LogP contribution >= 0.6 is 0 Å². The molecule has 1 unspecified atom stereocenters. The van der Waals surface area contributed by atoms with Crippen molar-refractivity contribution >= 4 is 35.4 Å². The molecule has 12 heteroatoms. The van der Waals surface area contributed by atoms with Crippen molar-refractivity contribution in [2.45, 2.75) is 111 Å². The fourth-order valence-corrected chi connectivity index (χ4v) is 6.87. The average molecular weight is 657 g/mol. The first kappa shape index (κ1) is 37.7. The van der Waals surface area contributed by atoms with Gasteiger partial charge in [-0.05, 0) is 53.9 Å². The van der Waals surface area contributed by atoms with Gasteiger partial charge in [0.05, 0.1) is 6.04 Å². The molecule has 1 aromatic rings. The van der Waals surface area contributed by atoms with Crippen molar-refractivity contribution in [2.75, 3.05) is 6.54 Å². The zero-order valence-corrected chi connectivity index (χ0v) is 28.6. The first-order valence-corrected chi connectivity index (χ1v) is 16.7. The van der Waals surface area contributed by atoms with Crippen LogP contribution in [0.25, 0.3) is 0 Å². The fourth-order valence-electron chi connectivity index (χ4n) is 6.87. The van der Waals surface area contributed by atoms with Gasteiger partial charge in [-0.25, -0.2) is 4.79 Å². The van der Waals surface area contributed by atoms with Gasteiger partial charge in [-0.15, -0.1) is 0 Å². The second-order valence-electron chi connectivity index (χ2n) is 14.4. The molecule has 0 radical (unpaired) electrons. The second-order valence-corrected chi connectivity index (χ2v) is 14.4. The zero-order chi connectivity index (χ0) is 35.2. The summed E-state index contributed by atoms with van der Waals surface area (Å²) in [6, 6.07) is 4.19. The fraction of sp³-hybridized carbons (Fsp3) is 0.657. The van der Waals surface area contributed by atoms with Gasteiger partial charge in [0.2, 0.25) is 23.5 Å². The number of carboxylic acid groups (broad SMARTS) is 1. The Balaban J connectivity index is 1.84. The average Bonchev–Trinajstić information content (AvgIpc) is 3.55. The van der Waals surface area contributed by atoms with Gasteiger partial charge in [-0.1, -0.05) is 85.2 Å². The minimum Gasteiger partial charge on any atom is -0.480 e. The van der Waals surface area contributed by atoms with Gasteiger partial charge in [0.1, 0.15) is 24.2 Å². The van der Waals surface area contributed by atoms with Gasteiger partial charge in [0.15, 0.2) is 0 Å². The summed E-state index contributed by atoms with van der Waals surface area (Å²) in [7, 11) is 0. The molecule has 7 atom stereocenters. The molecule has 1 saturated carbocycles. The minimum absolute atomic E-state index is 0.00935. The van der Waals surface area contributed by atoms with E-state index in [1.54, 1.807) is 65.0 Å². The molecular formula is C35H52N4O8. The Labute approximate surface area is 277 Å². The number of nitrogens with zero attached hydrogens (tertiary/aromatic N) is 1. The molecule has 3 rings (SSSR count). The maximum Gasteiger partial charge on any atom is 0.326 e. The molecule has 0 aromatic heterocycles. The van der Waals surface area contributed by atoms with Gasteiger partial charge in [-0.3, -0.25) is 24.0 Å². The number of carboxylic acids is 1. The number of carbonyl (C=O) groups excluding carboxylic acids is 5. The molecule has 2 aliphatic rings. The standard InChI is InChI=1S/C35H52N4O8/c1-8-12-24(29(41)32(44)37-25(34(46)47)17-21-13-10-9-11-14-21)36-30(42)27-22-15-16-35(6,7)23(22)18-39(27)33(45)26(19(2)3)38-31(43)28(40)20(4)5/h9-11,13-14,19-20,22-28,40H,8,12,15-18H2,1-7H3,(H,36,42)(H,37,44)(H,38,43)(H,46,47)/t22-,23-,24?,25-,26-,27-,28-/m0/s1. The largest absolute Gasteiger partial charge is 0.480 e. The van der Waals surface area contributed by atoms with E-state index in [0.717, 1.165) is 6.42 Å². The van der Waals surface area contributed by atoms with Gasteiger partial charge in [-0.2, -0.15) is 0 Å². The van der Waals surface area contributed by atoms with E-state index in [1.807, 2.05) is 0 Å².